The van der Waals surface area contributed by atoms with E-state index in [0.717, 1.165) is 29.7 Å². The Labute approximate surface area is 144 Å². The van der Waals surface area contributed by atoms with E-state index in [9.17, 15) is 9.59 Å². The predicted molar refractivity (Wildman–Crippen MR) is 94.2 cm³/mol. The van der Waals surface area contributed by atoms with Gasteiger partial charge in [-0.25, -0.2) is 0 Å². The van der Waals surface area contributed by atoms with Gasteiger partial charge in [-0.2, -0.15) is 0 Å². The standard InChI is InChI=1S/C18H20N2O3S/c1-23-17(22)18(8-3-9-18)12-4-2-5-13(10-12)20-16(21)15-7-6-14(11-19)24-15/h2,4-7,10H,3,8-9,11,19H2,1H3,(H,20,21). The quantitative estimate of drug-likeness (QED) is 0.817. The Kier molecular flexibility index (Phi) is 4.69. The number of hydrogen-bond acceptors (Lipinski definition) is 5. The third kappa shape index (κ3) is 2.95. The number of nitrogens with one attached hydrogen (secondary N) is 1. The summed E-state index contributed by atoms with van der Waals surface area (Å²) < 4.78 is 4.98. The molecule has 1 aliphatic rings. The van der Waals surface area contributed by atoms with Crippen LogP contribution in [0.2, 0.25) is 0 Å². The predicted octanol–water partition coefficient (Wildman–Crippen LogP) is 3.05. The lowest BCUT2D eigenvalue weighted by atomic mass is 9.64. The summed E-state index contributed by atoms with van der Waals surface area (Å²) >= 11 is 1.38. The Bertz CT molecular complexity index is 765. The van der Waals surface area contributed by atoms with E-state index in [-0.39, 0.29) is 11.9 Å². The first-order valence-corrected chi connectivity index (χ1v) is 8.70. The SMILES string of the molecule is COC(=O)C1(c2cccc(NC(=O)c3ccc(CN)s3)c2)CCC1. The number of carbonyl (C=O) groups is 2. The van der Waals surface area contributed by atoms with E-state index < -0.39 is 5.41 Å². The summed E-state index contributed by atoms with van der Waals surface area (Å²) in [6.45, 7) is 0.426. The second kappa shape index (κ2) is 6.75. The fourth-order valence-corrected chi connectivity index (χ4v) is 3.82. The van der Waals surface area contributed by atoms with Crippen molar-refractivity contribution in [2.75, 3.05) is 12.4 Å². The zero-order valence-corrected chi connectivity index (χ0v) is 14.3. The Morgan fingerprint density at radius 3 is 2.67 bits per heavy atom. The van der Waals surface area contributed by atoms with Crippen LogP contribution in [-0.4, -0.2) is 19.0 Å². The van der Waals surface area contributed by atoms with E-state index in [1.54, 1.807) is 6.07 Å². The van der Waals surface area contributed by atoms with Gasteiger partial charge in [0.05, 0.1) is 17.4 Å². The van der Waals surface area contributed by atoms with Crippen LogP contribution < -0.4 is 11.1 Å². The molecular weight excluding hydrogens is 324 g/mol. The molecule has 3 rings (SSSR count). The molecule has 0 unspecified atom stereocenters. The van der Waals surface area contributed by atoms with Crippen LogP contribution in [0.15, 0.2) is 36.4 Å². The molecule has 1 heterocycles. The van der Waals surface area contributed by atoms with Crippen LogP contribution in [0.5, 0.6) is 0 Å². The molecule has 1 amide bonds. The largest absolute Gasteiger partial charge is 0.468 e. The van der Waals surface area contributed by atoms with E-state index in [0.29, 0.717) is 17.1 Å². The third-order valence-electron chi connectivity index (χ3n) is 4.54. The van der Waals surface area contributed by atoms with Crippen LogP contribution in [0.3, 0.4) is 0 Å². The molecule has 5 nitrogen and oxygen atoms in total. The van der Waals surface area contributed by atoms with Crippen molar-refractivity contribution in [2.45, 2.75) is 31.2 Å². The first kappa shape index (κ1) is 16.7. The molecule has 126 valence electrons. The minimum absolute atomic E-state index is 0.169. The second-order valence-corrected chi connectivity index (χ2v) is 7.10. The second-order valence-electron chi connectivity index (χ2n) is 5.93. The molecule has 0 bridgehead atoms. The van der Waals surface area contributed by atoms with Crippen molar-refractivity contribution in [2.24, 2.45) is 5.73 Å². The molecule has 1 fully saturated rings. The van der Waals surface area contributed by atoms with Gasteiger partial charge in [0.15, 0.2) is 0 Å². The van der Waals surface area contributed by atoms with E-state index in [4.69, 9.17) is 10.5 Å². The number of esters is 1. The summed E-state index contributed by atoms with van der Waals surface area (Å²) in [5.74, 6) is -0.374. The molecule has 1 saturated carbocycles. The van der Waals surface area contributed by atoms with E-state index in [2.05, 4.69) is 5.32 Å². The molecule has 1 aliphatic carbocycles. The molecule has 0 radical (unpaired) electrons. The minimum Gasteiger partial charge on any atom is -0.468 e. The maximum Gasteiger partial charge on any atom is 0.316 e. The minimum atomic E-state index is -0.564. The molecule has 6 heteroatoms. The first-order chi connectivity index (χ1) is 11.6. The molecule has 24 heavy (non-hydrogen) atoms. The Morgan fingerprint density at radius 2 is 2.08 bits per heavy atom. The third-order valence-corrected chi connectivity index (χ3v) is 5.65. The van der Waals surface area contributed by atoms with E-state index in [1.165, 1.54) is 18.4 Å². The van der Waals surface area contributed by atoms with Gasteiger partial charge < -0.3 is 15.8 Å². The summed E-state index contributed by atoms with van der Waals surface area (Å²) in [6, 6.07) is 11.1. The summed E-state index contributed by atoms with van der Waals surface area (Å²) in [6.07, 6.45) is 2.56. The summed E-state index contributed by atoms with van der Waals surface area (Å²) in [5.41, 5.74) is 6.59. The molecule has 0 aliphatic heterocycles. The van der Waals surface area contributed by atoms with Gasteiger partial charge in [0.1, 0.15) is 0 Å². The Hall–Kier alpha value is -2.18. The number of hydrogen-bond donors (Lipinski definition) is 2. The van der Waals surface area contributed by atoms with E-state index >= 15 is 0 Å². The highest BCUT2D eigenvalue weighted by Gasteiger charge is 2.46. The van der Waals surface area contributed by atoms with Crippen molar-refractivity contribution < 1.29 is 14.3 Å². The average Bonchev–Trinajstić information content (AvgIpc) is 3.03. The highest BCUT2D eigenvalue weighted by atomic mass is 32.1. The molecule has 0 atom stereocenters. The first-order valence-electron chi connectivity index (χ1n) is 7.88. The summed E-state index contributed by atoms with van der Waals surface area (Å²) in [7, 11) is 1.42. The monoisotopic (exact) mass is 344 g/mol. The summed E-state index contributed by atoms with van der Waals surface area (Å²) in [4.78, 5) is 26.1. The van der Waals surface area contributed by atoms with Gasteiger partial charge in [0, 0.05) is 17.1 Å². The smallest absolute Gasteiger partial charge is 0.316 e. The fraction of sp³-hybridized carbons (Fsp3) is 0.333. The van der Waals surface area contributed by atoms with Crippen molar-refractivity contribution in [3.05, 3.63) is 51.7 Å². The van der Waals surface area contributed by atoms with E-state index in [1.807, 2.05) is 30.3 Å². The van der Waals surface area contributed by atoms with Gasteiger partial charge in [-0.15, -0.1) is 11.3 Å². The number of rotatable bonds is 5. The zero-order valence-electron chi connectivity index (χ0n) is 13.5. The highest BCUT2D eigenvalue weighted by molar-refractivity contribution is 7.14. The highest BCUT2D eigenvalue weighted by Crippen LogP contribution is 2.45. The summed E-state index contributed by atoms with van der Waals surface area (Å²) in [5, 5.41) is 2.89. The molecule has 2 aromatic rings. The van der Waals surface area contributed by atoms with Gasteiger partial charge >= 0.3 is 5.97 Å². The number of methoxy groups -OCH3 is 1. The number of nitrogens with two attached hydrogens (primary N) is 1. The van der Waals surface area contributed by atoms with Crippen molar-refractivity contribution in [3.8, 4) is 0 Å². The fourth-order valence-electron chi connectivity index (χ4n) is 3.03. The molecule has 0 spiro atoms. The van der Waals surface area contributed by atoms with Crippen molar-refractivity contribution in [1.29, 1.82) is 0 Å². The van der Waals surface area contributed by atoms with Crippen LogP contribution in [0.4, 0.5) is 5.69 Å². The Morgan fingerprint density at radius 1 is 1.29 bits per heavy atom. The number of ether oxygens (including phenoxy) is 1. The molecule has 1 aromatic carbocycles. The van der Waals surface area contributed by atoms with Gasteiger partial charge in [-0.05, 0) is 42.7 Å². The number of benzene rings is 1. The number of anilines is 1. The van der Waals surface area contributed by atoms with Crippen LogP contribution in [0.1, 0.15) is 39.4 Å². The van der Waals surface area contributed by atoms with Crippen LogP contribution >= 0.6 is 11.3 Å². The number of carbonyl (C=O) groups excluding carboxylic acids is 2. The zero-order chi connectivity index (χ0) is 17.2. The average molecular weight is 344 g/mol. The van der Waals surface area contributed by atoms with Crippen molar-refractivity contribution in [1.82, 2.24) is 0 Å². The van der Waals surface area contributed by atoms with Crippen molar-refractivity contribution >= 4 is 28.9 Å². The van der Waals surface area contributed by atoms with Crippen LogP contribution in [-0.2, 0) is 21.5 Å². The van der Waals surface area contributed by atoms with Crippen molar-refractivity contribution in [3.63, 3.8) is 0 Å². The van der Waals surface area contributed by atoms with Gasteiger partial charge in [-0.1, -0.05) is 18.6 Å². The Balaban J connectivity index is 1.80. The van der Waals surface area contributed by atoms with Gasteiger partial charge in [-0.3, -0.25) is 9.59 Å². The molecule has 0 saturated heterocycles. The molecule has 1 aromatic heterocycles. The lowest BCUT2D eigenvalue weighted by Gasteiger charge is -2.39. The maximum absolute atomic E-state index is 12.3. The maximum atomic E-state index is 12.3. The topological polar surface area (TPSA) is 81.4 Å². The van der Waals surface area contributed by atoms with Crippen LogP contribution in [0, 0.1) is 0 Å². The number of amides is 1. The van der Waals surface area contributed by atoms with Crippen LogP contribution in [0.25, 0.3) is 0 Å². The molecule has 3 N–H and O–H groups in total. The normalized spacial score (nSPS) is 15.4. The molecular formula is C18H20N2O3S. The lowest BCUT2D eigenvalue weighted by molar-refractivity contribution is -0.151. The van der Waals surface area contributed by atoms with Gasteiger partial charge in [0.2, 0.25) is 0 Å². The lowest BCUT2D eigenvalue weighted by Crippen LogP contribution is -2.43. The van der Waals surface area contributed by atoms with Gasteiger partial charge in [0.25, 0.3) is 5.91 Å². The number of thiophene rings is 1.